The molecule has 1 heterocycles. The van der Waals surface area contributed by atoms with Crippen LogP contribution in [0.2, 0.25) is 0 Å². The molecule has 1 fully saturated rings. The quantitative estimate of drug-likeness (QED) is 0.810. The maximum absolute atomic E-state index is 3.55. The predicted octanol–water partition coefficient (Wildman–Crippen LogP) is 2.51. The van der Waals surface area contributed by atoms with Crippen LogP contribution >= 0.6 is 0 Å². The molecule has 2 heteroatoms. The molecule has 0 saturated carbocycles. The van der Waals surface area contributed by atoms with Gasteiger partial charge in [-0.25, -0.2) is 0 Å². The maximum Gasteiger partial charge on any atom is 0.0205 e. The van der Waals surface area contributed by atoms with Gasteiger partial charge in [0.2, 0.25) is 0 Å². The molecule has 1 N–H and O–H groups in total. The molecule has 0 amide bonds. The van der Waals surface area contributed by atoms with Gasteiger partial charge >= 0.3 is 0 Å². The molecule has 1 saturated heterocycles. The van der Waals surface area contributed by atoms with Gasteiger partial charge in [-0.05, 0) is 44.0 Å². The van der Waals surface area contributed by atoms with E-state index in [1.165, 1.54) is 38.0 Å². The fourth-order valence-electron chi connectivity index (χ4n) is 2.53. The van der Waals surface area contributed by atoms with E-state index in [1.54, 1.807) is 0 Å². The third-order valence-electron chi connectivity index (χ3n) is 3.43. The van der Waals surface area contributed by atoms with Crippen LogP contribution in [0.25, 0.3) is 0 Å². The summed E-state index contributed by atoms with van der Waals surface area (Å²) in [7, 11) is 0. The fraction of sp³-hybridized carbons (Fsp3) is 0.600. The van der Waals surface area contributed by atoms with Gasteiger partial charge in [-0.15, -0.1) is 0 Å². The van der Waals surface area contributed by atoms with Crippen molar-refractivity contribution in [2.45, 2.75) is 26.3 Å². The first-order valence-electron chi connectivity index (χ1n) is 6.81. The molecule has 2 rings (SSSR count). The Hall–Kier alpha value is -0.860. The van der Waals surface area contributed by atoms with Crippen molar-refractivity contribution in [3.8, 4) is 0 Å². The van der Waals surface area contributed by atoms with Gasteiger partial charge in [0.25, 0.3) is 0 Å². The summed E-state index contributed by atoms with van der Waals surface area (Å²) in [4.78, 5) is 2.59. The fourth-order valence-corrected chi connectivity index (χ4v) is 2.53. The van der Waals surface area contributed by atoms with Crippen molar-refractivity contribution in [1.29, 1.82) is 0 Å². The topological polar surface area (TPSA) is 15.3 Å². The average Bonchev–Trinajstić information content (AvgIpc) is 2.83. The van der Waals surface area contributed by atoms with E-state index in [1.807, 2.05) is 0 Å². The van der Waals surface area contributed by atoms with Crippen LogP contribution in [0.15, 0.2) is 30.3 Å². The molecule has 1 aliphatic heterocycles. The van der Waals surface area contributed by atoms with Crippen molar-refractivity contribution in [3.63, 3.8) is 0 Å². The lowest BCUT2D eigenvalue weighted by atomic mass is 10.1. The van der Waals surface area contributed by atoms with Crippen molar-refractivity contribution in [2.75, 3.05) is 26.2 Å². The van der Waals surface area contributed by atoms with Crippen LogP contribution in [-0.2, 0) is 6.54 Å². The average molecular weight is 232 g/mol. The first kappa shape index (κ1) is 12.6. The van der Waals surface area contributed by atoms with Gasteiger partial charge < -0.3 is 10.2 Å². The highest BCUT2D eigenvalue weighted by Gasteiger charge is 2.13. The van der Waals surface area contributed by atoms with Crippen molar-refractivity contribution in [1.82, 2.24) is 10.2 Å². The molecule has 0 spiro atoms. The van der Waals surface area contributed by atoms with Crippen molar-refractivity contribution < 1.29 is 0 Å². The summed E-state index contributed by atoms with van der Waals surface area (Å²) in [6, 6.07) is 10.6. The molecule has 0 aliphatic carbocycles. The summed E-state index contributed by atoms with van der Waals surface area (Å²) in [6.45, 7) is 8.32. The Balaban J connectivity index is 1.61. The van der Waals surface area contributed by atoms with Gasteiger partial charge in [-0.1, -0.05) is 37.3 Å². The number of hydrogen-bond acceptors (Lipinski definition) is 2. The Bertz CT molecular complexity index is 304. The third-order valence-corrected chi connectivity index (χ3v) is 3.43. The van der Waals surface area contributed by atoms with E-state index in [0.29, 0.717) is 0 Å². The van der Waals surface area contributed by atoms with Gasteiger partial charge in [-0.3, -0.25) is 0 Å². The second-order valence-corrected chi connectivity index (χ2v) is 5.23. The van der Waals surface area contributed by atoms with Crippen molar-refractivity contribution in [2.24, 2.45) is 5.92 Å². The molecular weight excluding hydrogens is 208 g/mol. The molecule has 1 unspecified atom stereocenters. The zero-order valence-corrected chi connectivity index (χ0v) is 10.9. The molecule has 0 aromatic heterocycles. The van der Waals surface area contributed by atoms with E-state index in [-0.39, 0.29) is 0 Å². The molecule has 0 radical (unpaired) electrons. The summed E-state index contributed by atoms with van der Waals surface area (Å²) in [5, 5.41) is 3.55. The molecule has 2 nitrogen and oxygen atoms in total. The van der Waals surface area contributed by atoms with Crippen LogP contribution < -0.4 is 5.32 Å². The highest BCUT2D eigenvalue weighted by molar-refractivity contribution is 5.14. The zero-order valence-electron chi connectivity index (χ0n) is 10.9. The molecule has 94 valence electrons. The van der Waals surface area contributed by atoms with E-state index < -0.39 is 0 Å². The van der Waals surface area contributed by atoms with E-state index in [2.05, 4.69) is 47.5 Å². The van der Waals surface area contributed by atoms with E-state index in [0.717, 1.165) is 19.0 Å². The number of nitrogens with zero attached hydrogens (tertiary/aromatic N) is 1. The first-order chi connectivity index (χ1) is 8.34. The van der Waals surface area contributed by atoms with Crippen molar-refractivity contribution in [3.05, 3.63) is 35.9 Å². The standard InChI is InChI=1S/C15H24N2/c1-14(13-17-9-5-6-10-17)11-16-12-15-7-3-2-4-8-15/h2-4,7-8,14,16H,5-6,9-13H2,1H3. The van der Waals surface area contributed by atoms with Gasteiger partial charge in [0.1, 0.15) is 0 Å². The van der Waals surface area contributed by atoms with Crippen LogP contribution in [0.3, 0.4) is 0 Å². The summed E-state index contributed by atoms with van der Waals surface area (Å²) in [5.74, 6) is 0.747. The van der Waals surface area contributed by atoms with E-state index in [9.17, 15) is 0 Å². The lowest BCUT2D eigenvalue weighted by molar-refractivity contribution is 0.282. The van der Waals surface area contributed by atoms with Crippen LogP contribution in [0.5, 0.6) is 0 Å². The number of hydrogen-bond donors (Lipinski definition) is 1. The minimum atomic E-state index is 0.747. The lowest BCUT2D eigenvalue weighted by Gasteiger charge is -2.20. The van der Waals surface area contributed by atoms with Gasteiger partial charge in [0.15, 0.2) is 0 Å². The third kappa shape index (κ3) is 4.49. The summed E-state index contributed by atoms with van der Waals surface area (Å²) >= 11 is 0. The molecule has 0 bridgehead atoms. The molecule has 1 aromatic carbocycles. The largest absolute Gasteiger partial charge is 0.312 e. The Kier molecular flexibility index (Phi) is 5.02. The minimum Gasteiger partial charge on any atom is -0.312 e. The van der Waals surface area contributed by atoms with Crippen LogP contribution in [-0.4, -0.2) is 31.1 Å². The molecule has 1 atom stereocenters. The summed E-state index contributed by atoms with van der Waals surface area (Å²) in [5.41, 5.74) is 1.38. The second-order valence-electron chi connectivity index (χ2n) is 5.23. The number of rotatable bonds is 6. The zero-order chi connectivity index (χ0) is 11.9. The van der Waals surface area contributed by atoms with Gasteiger partial charge in [-0.2, -0.15) is 0 Å². The highest BCUT2D eigenvalue weighted by Crippen LogP contribution is 2.09. The number of nitrogens with one attached hydrogen (secondary N) is 1. The number of benzene rings is 1. The Morgan fingerprint density at radius 2 is 1.88 bits per heavy atom. The minimum absolute atomic E-state index is 0.747. The SMILES string of the molecule is CC(CNCc1ccccc1)CN1CCCC1. The molecule has 1 aliphatic rings. The monoisotopic (exact) mass is 232 g/mol. The van der Waals surface area contributed by atoms with Crippen LogP contribution in [0, 0.1) is 5.92 Å². The number of likely N-dealkylation sites (tertiary alicyclic amines) is 1. The maximum atomic E-state index is 3.55. The van der Waals surface area contributed by atoms with E-state index in [4.69, 9.17) is 0 Å². The highest BCUT2D eigenvalue weighted by atomic mass is 15.1. The van der Waals surface area contributed by atoms with E-state index >= 15 is 0 Å². The van der Waals surface area contributed by atoms with Gasteiger partial charge in [0.05, 0.1) is 0 Å². The summed E-state index contributed by atoms with van der Waals surface area (Å²) < 4.78 is 0. The molecule has 1 aromatic rings. The summed E-state index contributed by atoms with van der Waals surface area (Å²) in [6.07, 6.45) is 2.79. The van der Waals surface area contributed by atoms with Gasteiger partial charge in [0, 0.05) is 13.1 Å². The molecule has 17 heavy (non-hydrogen) atoms. The van der Waals surface area contributed by atoms with Crippen LogP contribution in [0.1, 0.15) is 25.3 Å². The Labute approximate surface area is 105 Å². The van der Waals surface area contributed by atoms with Crippen molar-refractivity contribution >= 4 is 0 Å². The first-order valence-corrected chi connectivity index (χ1v) is 6.81. The smallest absolute Gasteiger partial charge is 0.0205 e. The Morgan fingerprint density at radius 1 is 1.18 bits per heavy atom. The Morgan fingerprint density at radius 3 is 2.59 bits per heavy atom. The van der Waals surface area contributed by atoms with Crippen LogP contribution in [0.4, 0.5) is 0 Å². The predicted molar refractivity (Wildman–Crippen MR) is 73.0 cm³/mol. The second kappa shape index (κ2) is 6.77. The molecular formula is C15H24N2. The normalized spacial score (nSPS) is 18.4. The lowest BCUT2D eigenvalue weighted by Crippen LogP contribution is -2.31.